The topological polar surface area (TPSA) is 50.2 Å². The maximum atomic E-state index is 13.2. The maximum absolute atomic E-state index is 13.2. The molecule has 1 N–H and O–H groups in total. The summed E-state index contributed by atoms with van der Waals surface area (Å²) in [4.78, 5) is 20.4. The quantitative estimate of drug-likeness (QED) is 0.510. The van der Waals surface area contributed by atoms with Crippen molar-refractivity contribution in [2.24, 2.45) is 0 Å². The highest BCUT2D eigenvalue weighted by Crippen LogP contribution is 2.30. The van der Waals surface area contributed by atoms with Gasteiger partial charge in [0.25, 0.3) is 0 Å². The van der Waals surface area contributed by atoms with E-state index in [1.807, 2.05) is 49.4 Å². The molecule has 1 aromatic heterocycles. The van der Waals surface area contributed by atoms with Gasteiger partial charge in [-0.05, 0) is 62.2 Å². The van der Waals surface area contributed by atoms with Crippen LogP contribution in [-0.4, -0.2) is 46.5 Å². The number of aromatic nitrogens is 2. The Hall–Kier alpha value is -2.08. The first-order valence-corrected chi connectivity index (χ1v) is 11.7. The lowest BCUT2D eigenvalue weighted by molar-refractivity contribution is -0.124. The minimum atomic E-state index is -0.345. The van der Waals surface area contributed by atoms with Crippen molar-refractivity contribution in [2.75, 3.05) is 26.2 Å². The Bertz CT molecular complexity index is 1040. The second kappa shape index (κ2) is 10.0. The van der Waals surface area contributed by atoms with E-state index in [-0.39, 0.29) is 11.9 Å². The molecular weight excluding hydrogens is 431 g/mol. The average molecular weight is 459 g/mol. The van der Waals surface area contributed by atoms with Crippen LogP contribution in [0.4, 0.5) is 0 Å². The van der Waals surface area contributed by atoms with Crippen LogP contribution in [0.3, 0.4) is 0 Å². The second-order valence-electron chi connectivity index (χ2n) is 8.03. The van der Waals surface area contributed by atoms with E-state index in [9.17, 15) is 4.79 Å². The third-order valence-electron chi connectivity index (χ3n) is 5.99. The van der Waals surface area contributed by atoms with E-state index in [4.69, 9.17) is 28.2 Å². The maximum Gasteiger partial charge on any atom is 0.243 e. The second-order valence-corrected chi connectivity index (χ2v) is 8.84. The molecule has 1 saturated heterocycles. The molecule has 7 heteroatoms. The number of hydrogen-bond acceptors (Lipinski definition) is 3. The lowest BCUT2D eigenvalue weighted by atomic mass is 10.1. The van der Waals surface area contributed by atoms with Crippen LogP contribution in [0.25, 0.3) is 11.0 Å². The highest BCUT2D eigenvalue weighted by Gasteiger charge is 2.25. The van der Waals surface area contributed by atoms with Crippen molar-refractivity contribution >= 4 is 40.1 Å². The number of rotatable bonds is 8. The van der Waals surface area contributed by atoms with Crippen molar-refractivity contribution in [3.63, 3.8) is 0 Å². The lowest BCUT2D eigenvalue weighted by Crippen LogP contribution is -2.38. The van der Waals surface area contributed by atoms with Gasteiger partial charge in [-0.1, -0.05) is 48.3 Å². The lowest BCUT2D eigenvalue weighted by Gasteiger charge is -2.22. The third kappa shape index (κ3) is 4.89. The number of benzene rings is 2. The molecule has 0 radical (unpaired) electrons. The summed E-state index contributed by atoms with van der Waals surface area (Å²) < 4.78 is 2.06. The van der Waals surface area contributed by atoms with Gasteiger partial charge in [0.15, 0.2) is 0 Å². The van der Waals surface area contributed by atoms with Crippen molar-refractivity contribution in [3.05, 3.63) is 63.9 Å². The highest BCUT2D eigenvalue weighted by molar-refractivity contribution is 6.36. The average Bonchev–Trinajstić information content (AvgIpc) is 3.40. The molecule has 1 atom stereocenters. The van der Waals surface area contributed by atoms with Crippen LogP contribution in [0.2, 0.25) is 10.0 Å². The van der Waals surface area contributed by atoms with Crippen LogP contribution in [0.15, 0.2) is 42.5 Å². The number of hydrogen-bond donors (Lipinski definition) is 1. The summed E-state index contributed by atoms with van der Waals surface area (Å²) in [6, 6.07) is 13.1. The van der Waals surface area contributed by atoms with Gasteiger partial charge in [0.2, 0.25) is 5.91 Å². The first-order valence-electron chi connectivity index (χ1n) is 11.0. The Balaban J connectivity index is 1.62. The van der Waals surface area contributed by atoms with Crippen LogP contribution in [0, 0.1) is 0 Å². The molecular formula is C24H28Cl2N4O. The van der Waals surface area contributed by atoms with E-state index in [1.165, 1.54) is 12.8 Å². The minimum Gasteiger partial charge on any atom is -0.353 e. The number of carbonyl (C=O) groups is 1. The van der Waals surface area contributed by atoms with Crippen LogP contribution in [0.5, 0.6) is 0 Å². The van der Waals surface area contributed by atoms with Crippen molar-refractivity contribution in [1.29, 1.82) is 0 Å². The SMILES string of the molecule is CCC(C(=O)NCCN1CCCC1)n1c(Cc2c(Cl)cccc2Cl)nc2ccccc21. The molecule has 1 amide bonds. The van der Waals surface area contributed by atoms with Crippen molar-refractivity contribution in [3.8, 4) is 0 Å². The number of halogens is 2. The van der Waals surface area contributed by atoms with Crippen LogP contribution in [-0.2, 0) is 11.2 Å². The normalized spacial score (nSPS) is 15.5. The number of amides is 1. The smallest absolute Gasteiger partial charge is 0.243 e. The molecule has 5 nitrogen and oxygen atoms in total. The summed E-state index contributed by atoms with van der Waals surface area (Å²) in [6.07, 6.45) is 3.63. The molecule has 1 unspecified atom stereocenters. The number of imidazole rings is 1. The third-order valence-corrected chi connectivity index (χ3v) is 6.70. The molecule has 0 spiro atoms. The van der Waals surface area contributed by atoms with Gasteiger partial charge in [-0.3, -0.25) is 4.79 Å². The van der Waals surface area contributed by atoms with Gasteiger partial charge in [0.1, 0.15) is 11.9 Å². The molecule has 1 aliphatic rings. The van der Waals surface area contributed by atoms with E-state index < -0.39 is 0 Å². The summed E-state index contributed by atoms with van der Waals surface area (Å²) >= 11 is 12.9. The van der Waals surface area contributed by atoms with E-state index >= 15 is 0 Å². The molecule has 1 fully saturated rings. The zero-order valence-electron chi connectivity index (χ0n) is 17.8. The van der Waals surface area contributed by atoms with Gasteiger partial charge in [-0.15, -0.1) is 0 Å². The van der Waals surface area contributed by atoms with Gasteiger partial charge in [-0.2, -0.15) is 0 Å². The molecule has 0 aliphatic carbocycles. The Labute approximate surface area is 193 Å². The predicted octanol–water partition coefficient (Wildman–Crippen LogP) is 5.10. The first kappa shape index (κ1) is 22.1. The predicted molar refractivity (Wildman–Crippen MR) is 127 cm³/mol. The monoisotopic (exact) mass is 458 g/mol. The van der Waals surface area contributed by atoms with Crippen molar-refractivity contribution < 1.29 is 4.79 Å². The van der Waals surface area contributed by atoms with Gasteiger partial charge < -0.3 is 14.8 Å². The Kier molecular flexibility index (Phi) is 7.16. The number of para-hydroxylation sites is 2. The van der Waals surface area contributed by atoms with Gasteiger partial charge in [-0.25, -0.2) is 4.98 Å². The number of likely N-dealkylation sites (tertiary alicyclic amines) is 1. The molecule has 31 heavy (non-hydrogen) atoms. The van der Waals surface area contributed by atoms with Crippen LogP contribution < -0.4 is 5.32 Å². The Morgan fingerprint density at radius 2 is 1.81 bits per heavy atom. The van der Waals surface area contributed by atoms with Gasteiger partial charge >= 0.3 is 0 Å². The summed E-state index contributed by atoms with van der Waals surface area (Å²) in [5.41, 5.74) is 2.64. The number of fused-ring (bicyclic) bond motifs is 1. The largest absolute Gasteiger partial charge is 0.353 e. The van der Waals surface area contributed by atoms with E-state index in [0.717, 1.165) is 42.1 Å². The van der Waals surface area contributed by atoms with Gasteiger partial charge in [0, 0.05) is 29.6 Å². The molecule has 0 saturated carbocycles. The van der Waals surface area contributed by atoms with Crippen LogP contribution >= 0.6 is 23.2 Å². The van der Waals surface area contributed by atoms with Gasteiger partial charge in [0.05, 0.1) is 11.0 Å². The molecule has 4 rings (SSSR count). The van der Waals surface area contributed by atoms with Crippen LogP contribution in [0.1, 0.15) is 43.6 Å². The highest BCUT2D eigenvalue weighted by atomic mass is 35.5. The fourth-order valence-electron chi connectivity index (χ4n) is 4.37. The number of nitrogens with zero attached hydrogens (tertiary/aromatic N) is 3. The molecule has 164 valence electrons. The Morgan fingerprint density at radius 3 is 2.52 bits per heavy atom. The fourth-order valence-corrected chi connectivity index (χ4v) is 4.90. The van der Waals surface area contributed by atoms with Crippen molar-refractivity contribution in [2.45, 2.75) is 38.6 Å². The van der Waals surface area contributed by atoms with E-state index in [2.05, 4.69) is 14.8 Å². The molecule has 3 aromatic rings. The van der Waals surface area contributed by atoms with E-state index in [1.54, 1.807) is 0 Å². The number of carbonyl (C=O) groups excluding carboxylic acids is 1. The standard InChI is InChI=1S/C24H28Cl2N4O/c1-2-21(24(31)27-12-15-29-13-5-6-14-29)30-22-11-4-3-10-20(22)28-23(30)16-17-18(25)8-7-9-19(17)26/h3-4,7-11,21H,2,5-6,12-16H2,1H3,(H,27,31). The summed E-state index contributed by atoms with van der Waals surface area (Å²) in [5.74, 6) is 0.814. The summed E-state index contributed by atoms with van der Waals surface area (Å²) in [6.45, 7) is 5.85. The van der Waals surface area contributed by atoms with Crippen molar-refractivity contribution in [1.82, 2.24) is 19.8 Å². The Morgan fingerprint density at radius 1 is 1.10 bits per heavy atom. The molecule has 0 bridgehead atoms. The summed E-state index contributed by atoms with van der Waals surface area (Å²) in [5, 5.41) is 4.36. The first-order chi connectivity index (χ1) is 15.1. The minimum absolute atomic E-state index is 0.0244. The summed E-state index contributed by atoms with van der Waals surface area (Å²) in [7, 11) is 0. The number of nitrogens with one attached hydrogen (secondary N) is 1. The fraction of sp³-hybridized carbons (Fsp3) is 0.417. The zero-order valence-corrected chi connectivity index (χ0v) is 19.3. The van der Waals surface area contributed by atoms with E-state index in [0.29, 0.717) is 29.4 Å². The molecule has 2 heterocycles. The molecule has 2 aromatic carbocycles. The molecule has 1 aliphatic heterocycles. The zero-order chi connectivity index (χ0) is 21.8.